The molecule has 1 saturated heterocycles. The normalized spacial score (nSPS) is 18.8. The zero-order valence-corrected chi connectivity index (χ0v) is 33.2. The van der Waals surface area contributed by atoms with Gasteiger partial charge in [-0.2, -0.15) is 0 Å². The molecule has 1 aromatic rings. The van der Waals surface area contributed by atoms with Crippen molar-refractivity contribution in [1.29, 1.82) is 0 Å². The molecule has 0 radical (unpaired) electrons. The summed E-state index contributed by atoms with van der Waals surface area (Å²) in [6, 6.07) is 6.30. The number of aliphatic carboxylic acids is 1. The number of nitrogens with one attached hydrogen (secondary N) is 3. The molecule has 1 aliphatic rings. The third-order valence-electron chi connectivity index (χ3n) is 10.6. The lowest BCUT2D eigenvalue weighted by Gasteiger charge is -2.41. The highest BCUT2D eigenvalue weighted by Gasteiger charge is 2.43. The first kappa shape index (κ1) is 44.6. The summed E-state index contributed by atoms with van der Waals surface area (Å²) in [5.74, 6) is -3.27. The number of hydrogen-bond acceptors (Lipinski definition) is 8. The highest BCUT2D eigenvalue weighted by molar-refractivity contribution is 5.90. The molecule has 2 rings (SSSR count). The van der Waals surface area contributed by atoms with Gasteiger partial charge in [-0.15, -0.1) is 0 Å². The lowest BCUT2D eigenvalue weighted by Crippen LogP contribution is -2.59. The van der Waals surface area contributed by atoms with E-state index in [0.29, 0.717) is 25.9 Å². The molecule has 4 amide bonds. The molecule has 1 heterocycles. The van der Waals surface area contributed by atoms with Crippen LogP contribution in [0.5, 0.6) is 0 Å². The van der Waals surface area contributed by atoms with Crippen LogP contribution in [-0.2, 0) is 39.9 Å². The number of amides is 4. The van der Waals surface area contributed by atoms with Gasteiger partial charge in [0, 0.05) is 40.8 Å². The molecule has 4 N–H and O–H groups in total. The van der Waals surface area contributed by atoms with Gasteiger partial charge in [0.2, 0.25) is 23.6 Å². The van der Waals surface area contributed by atoms with Gasteiger partial charge < -0.3 is 40.3 Å². The number of carboxylic acid groups (broad SMARTS) is 1. The Morgan fingerprint density at radius 2 is 1.65 bits per heavy atom. The Labute approximate surface area is 310 Å². The average molecular weight is 732 g/mol. The second kappa shape index (κ2) is 20.6. The molecule has 1 aromatic carbocycles. The number of carbonyl (C=O) groups excluding carboxylic acids is 4. The van der Waals surface area contributed by atoms with E-state index < -0.39 is 59.6 Å². The Kier molecular flexibility index (Phi) is 17.7. The monoisotopic (exact) mass is 731 g/mol. The van der Waals surface area contributed by atoms with Gasteiger partial charge in [0.15, 0.2) is 0 Å². The minimum absolute atomic E-state index is 0.0112. The molecule has 52 heavy (non-hydrogen) atoms. The van der Waals surface area contributed by atoms with Crippen LogP contribution in [0.3, 0.4) is 0 Å². The van der Waals surface area contributed by atoms with E-state index in [0.717, 1.165) is 12.0 Å². The van der Waals surface area contributed by atoms with Crippen molar-refractivity contribution in [3.05, 3.63) is 35.9 Å². The summed E-state index contributed by atoms with van der Waals surface area (Å²) >= 11 is 0. The van der Waals surface area contributed by atoms with E-state index in [1.54, 1.807) is 30.8 Å². The van der Waals surface area contributed by atoms with Crippen LogP contribution in [0.25, 0.3) is 0 Å². The summed E-state index contributed by atoms with van der Waals surface area (Å²) in [4.78, 5) is 70.4. The molecular weight excluding hydrogens is 666 g/mol. The number of rotatable bonds is 21. The summed E-state index contributed by atoms with van der Waals surface area (Å²) < 4.78 is 11.8. The van der Waals surface area contributed by atoms with E-state index in [1.165, 1.54) is 14.2 Å². The van der Waals surface area contributed by atoms with Gasteiger partial charge in [-0.3, -0.25) is 19.2 Å². The van der Waals surface area contributed by atoms with Crippen LogP contribution in [-0.4, -0.2) is 122 Å². The third kappa shape index (κ3) is 11.7. The van der Waals surface area contributed by atoms with Crippen LogP contribution in [0, 0.1) is 23.2 Å². The first-order valence-corrected chi connectivity index (χ1v) is 18.6. The fraction of sp³-hybridized carbons (Fsp3) is 0.718. The molecule has 1 aliphatic heterocycles. The molecule has 0 spiro atoms. The quantitative estimate of drug-likeness (QED) is 0.149. The maximum Gasteiger partial charge on any atom is 0.326 e. The number of nitrogens with zero attached hydrogens (tertiary/aromatic N) is 2. The van der Waals surface area contributed by atoms with E-state index in [4.69, 9.17) is 9.47 Å². The predicted molar refractivity (Wildman–Crippen MR) is 200 cm³/mol. The third-order valence-corrected chi connectivity index (χ3v) is 10.6. The predicted octanol–water partition coefficient (Wildman–Crippen LogP) is 3.11. The van der Waals surface area contributed by atoms with Crippen molar-refractivity contribution in [3.63, 3.8) is 0 Å². The van der Waals surface area contributed by atoms with Crippen molar-refractivity contribution in [3.8, 4) is 0 Å². The van der Waals surface area contributed by atoms with Gasteiger partial charge in [0.05, 0.1) is 42.0 Å². The van der Waals surface area contributed by atoms with Gasteiger partial charge >= 0.3 is 5.97 Å². The maximum atomic E-state index is 14.1. The summed E-state index contributed by atoms with van der Waals surface area (Å²) in [5, 5.41) is 18.6. The minimum atomic E-state index is -1.14. The molecule has 8 atom stereocenters. The molecule has 13 nitrogen and oxygen atoms in total. The summed E-state index contributed by atoms with van der Waals surface area (Å²) in [6.45, 7) is 14.1. The fourth-order valence-electron chi connectivity index (χ4n) is 7.25. The van der Waals surface area contributed by atoms with E-state index in [1.807, 2.05) is 71.9 Å². The average Bonchev–Trinajstić information content (AvgIpc) is 3.59. The van der Waals surface area contributed by atoms with Crippen LogP contribution in [0.15, 0.2) is 30.3 Å². The number of likely N-dealkylation sites (tertiary alicyclic amines) is 1. The minimum Gasteiger partial charge on any atom is -0.480 e. The van der Waals surface area contributed by atoms with E-state index in [9.17, 15) is 29.1 Å². The first-order chi connectivity index (χ1) is 24.4. The van der Waals surface area contributed by atoms with Crippen LogP contribution in [0.2, 0.25) is 0 Å². The molecule has 294 valence electrons. The highest BCUT2D eigenvalue weighted by Crippen LogP contribution is 2.30. The lowest BCUT2D eigenvalue weighted by molar-refractivity contribution is -0.148. The highest BCUT2D eigenvalue weighted by atomic mass is 16.5. The molecule has 0 bridgehead atoms. The van der Waals surface area contributed by atoms with Gasteiger partial charge in [-0.1, -0.05) is 71.4 Å². The molecule has 0 unspecified atom stereocenters. The van der Waals surface area contributed by atoms with Gasteiger partial charge in [-0.05, 0) is 51.1 Å². The number of methoxy groups -OCH3 is 2. The van der Waals surface area contributed by atoms with Crippen molar-refractivity contribution in [1.82, 2.24) is 25.8 Å². The van der Waals surface area contributed by atoms with Crippen LogP contribution in [0.4, 0.5) is 0 Å². The molecule has 13 heteroatoms. The molecule has 1 fully saturated rings. The number of carboxylic acids is 1. The number of carbonyl (C=O) groups is 5. The Balaban J connectivity index is 2.26. The van der Waals surface area contributed by atoms with Crippen LogP contribution in [0.1, 0.15) is 79.7 Å². The largest absolute Gasteiger partial charge is 0.480 e. The first-order valence-electron chi connectivity index (χ1n) is 18.6. The smallest absolute Gasteiger partial charge is 0.326 e. The van der Waals surface area contributed by atoms with Crippen LogP contribution < -0.4 is 16.0 Å². The van der Waals surface area contributed by atoms with Gasteiger partial charge in [0.25, 0.3) is 0 Å². The van der Waals surface area contributed by atoms with E-state index in [2.05, 4.69) is 16.0 Å². The molecule has 0 aliphatic carbocycles. The topological polar surface area (TPSA) is 167 Å². The number of hydrogen-bond donors (Lipinski definition) is 4. The summed E-state index contributed by atoms with van der Waals surface area (Å²) in [6.07, 6.45) is 0.818. The molecule has 0 saturated carbocycles. The van der Waals surface area contributed by atoms with Crippen molar-refractivity contribution in [2.45, 2.75) is 117 Å². The Hall–Kier alpha value is -3.55. The number of ether oxygens (including phenoxy) is 2. The molecule has 0 aromatic heterocycles. The van der Waals surface area contributed by atoms with E-state index >= 15 is 0 Å². The van der Waals surface area contributed by atoms with Crippen molar-refractivity contribution >= 4 is 29.6 Å². The summed E-state index contributed by atoms with van der Waals surface area (Å²) in [5.41, 5.74) is 0.0515. The zero-order chi connectivity index (χ0) is 39.3. The van der Waals surface area contributed by atoms with E-state index in [-0.39, 0.29) is 42.4 Å². The summed E-state index contributed by atoms with van der Waals surface area (Å²) in [7, 11) is 6.51. The standard InChI is InChI=1S/C39H65N5O8/c1-12-25(4)33(43(9)36(47)32(24(2)3)42-38(50)39(6,7)23-40-8)30(51-10)22-31(45)44-20-16-19-29(44)34(52-11)26(5)35(46)41-28(37(48)49)21-27-17-14-13-15-18-27/h13-15,17-18,24-26,28-30,32-34,40H,12,16,19-23H2,1-11H3,(H,41,46)(H,42,50)(H,48,49)/t25-,26+,28-,29-,30+,32-,33-,34+/m0/s1. The second-order valence-electron chi connectivity index (χ2n) is 15.3. The molecular formula is C39H65N5O8. The lowest BCUT2D eigenvalue weighted by atomic mass is 9.88. The second-order valence-corrected chi connectivity index (χ2v) is 15.3. The van der Waals surface area contributed by atoms with Crippen molar-refractivity contribution < 1.29 is 38.6 Å². The van der Waals surface area contributed by atoms with Crippen molar-refractivity contribution in [2.24, 2.45) is 23.2 Å². The van der Waals surface area contributed by atoms with Crippen molar-refractivity contribution in [2.75, 3.05) is 41.4 Å². The fourth-order valence-corrected chi connectivity index (χ4v) is 7.25. The Bertz CT molecular complexity index is 1320. The Morgan fingerprint density at radius 3 is 2.17 bits per heavy atom. The van der Waals surface area contributed by atoms with Gasteiger partial charge in [-0.25, -0.2) is 4.79 Å². The zero-order valence-electron chi connectivity index (χ0n) is 33.2. The van der Waals surface area contributed by atoms with Gasteiger partial charge in [0.1, 0.15) is 12.1 Å². The number of benzene rings is 1. The number of likely N-dealkylation sites (N-methyl/N-ethyl adjacent to an activating group) is 1. The maximum absolute atomic E-state index is 14.1. The Morgan fingerprint density at radius 1 is 1.02 bits per heavy atom. The van der Waals surface area contributed by atoms with Crippen LogP contribution >= 0.6 is 0 Å². The SMILES string of the molecule is CC[C@H](C)[C@@H]([C@@H](CC(=O)N1CCC[C@H]1[C@H](OC)[C@@H](C)C(=O)N[C@@H](Cc1ccccc1)C(=O)O)OC)N(C)C(=O)[C@@H](NC(=O)C(C)(C)CNC)C(C)C.